The second kappa shape index (κ2) is 6.41. The highest BCUT2D eigenvalue weighted by molar-refractivity contribution is 6.30. The van der Waals surface area contributed by atoms with Crippen LogP contribution in [0.15, 0.2) is 36.4 Å². The topological polar surface area (TPSA) is 64.4 Å². The highest BCUT2D eigenvalue weighted by atomic mass is 35.5. The summed E-state index contributed by atoms with van der Waals surface area (Å²) in [7, 11) is 1.44. The molecule has 7 heteroatoms. The molecular formula is C14H12ClFN2O3. The van der Waals surface area contributed by atoms with Gasteiger partial charge < -0.3 is 10.1 Å². The highest BCUT2D eigenvalue weighted by Crippen LogP contribution is 2.29. The lowest BCUT2D eigenvalue weighted by Gasteiger charge is -2.09. The maximum absolute atomic E-state index is 13.1. The monoisotopic (exact) mass is 310 g/mol. The van der Waals surface area contributed by atoms with Crippen molar-refractivity contribution in [2.75, 3.05) is 12.4 Å². The van der Waals surface area contributed by atoms with Crippen molar-refractivity contribution >= 4 is 23.0 Å². The molecule has 5 nitrogen and oxygen atoms in total. The first kappa shape index (κ1) is 15.1. The Morgan fingerprint density at radius 2 is 2.10 bits per heavy atom. The fraction of sp³-hybridized carbons (Fsp3) is 0.143. The minimum Gasteiger partial charge on any atom is -0.496 e. The van der Waals surface area contributed by atoms with Crippen LogP contribution in [0.5, 0.6) is 5.75 Å². The van der Waals surface area contributed by atoms with Crippen LogP contribution >= 0.6 is 11.6 Å². The molecule has 2 rings (SSSR count). The Hall–Kier alpha value is -2.34. The SMILES string of the molecule is COc1ccc(NCc2ccc(F)c(Cl)c2)c([N+](=O)[O-])c1. The number of hydrogen-bond donors (Lipinski definition) is 1. The molecule has 0 amide bonds. The van der Waals surface area contributed by atoms with Crippen LogP contribution in [0, 0.1) is 15.9 Å². The minimum atomic E-state index is -0.504. The summed E-state index contributed by atoms with van der Waals surface area (Å²) in [5.41, 5.74) is 0.968. The quantitative estimate of drug-likeness (QED) is 0.669. The molecule has 110 valence electrons. The number of nitro groups is 1. The first-order chi connectivity index (χ1) is 10.0. The average molecular weight is 311 g/mol. The van der Waals surface area contributed by atoms with Crippen LogP contribution in [0.2, 0.25) is 5.02 Å². The summed E-state index contributed by atoms with van der Waals surface area (Å²) < 4.78 is 18.0. The molecule has 0 heterocycles. The van der Waals surface area contributed by atoms with Crippen molar-refractivity contribution in [2.24, 2.45) is 0 Å². The Morgan fingerprint density at radius 3 is 2.71 bits per heavy atom. The number of hydrogen-bond acceptors (Lipinski definition) is 4. The maximum Gasteiger partial charge on any atom is 0.296 e. The summed E-state index contributed by atoms with van der Waals surface area (Å²) in [5.74, 6) is -0.104. The minimum absolute atomic E-state index is 0.0125. The molecule has 1 N–H and O–H groups in total. The van der Waals surface area contributed by atoms with E-state index in [2.05, 4.69) is 5.32 Å². The van der Waals surface area contributed by atoms with Crippen LogP contribution < -0.4 is 10.1 Å². The van der Waals surface area contributed by atoms with E-state index in [4.69, 9.17) is 16.3 Å². The molecule has 0 unspecified atom stereocenters. The molecular weight excluding hydrogens is 299 g/mol. The predicted molar refractivity (Wildman–Crippen MR) is 78.4 cm³/mol. The Kier molecular flexibility index (Phi) is 4.59. The summed E-state index contributed by atoms with van der Waals surface area (Å²) in [6, 6.07) is 8.79. The van der Waals surface area contributed by atoms with Crippen molar-refractivity contribution < 1.29 is 14.1 Å². The van der Waals surface area contributed by atoms with Gasteiger partial charge in [0.25, 0.3) is 5.69 Å². The number of ether oxygens (including phenoxy) is 1. The molecule has 0 aliphatic heterocycles. The number of nitrogens with one attached hydrogen (secondary N) is 1. The van der Waals surface area contributed by atoms with Gasteiger partial charge >= 0.3 is 0 Å². The summed E-state index contributed by atoms with van der Waals surface area (Å²) in [5, 5.41) is 14.0. The van der Waals surface area contributed by atoms with Gasteiger partial charge in [-0.25, -0.2) is 4.39 Å². The second-order valence-electron chi connectivity index (χ2n) is 4.24. The number of methoxy groups -OCH3 is 1. The number of halogens is 2. The van der Waals surface area contributed by atoms with Gasteiger partial charge in [0, 0.05) is 6.54 Å². The third-order valence-corrected chi connectivity index (χ3v) is 3.16. The summed E-state index contributed by atoms with van der Waals surface area (Å²) in [6.07, 6.45) is 0. The molecule has 0 saturated heterocycles. The fourth-order valence-corrected chi connectivity index (χ4v) is 1.99. The van der Waals surface area contributed by atoms with Gasteiger partial charge in [-0.2, -0.15) is 0 Å². The third-order valence-electron chi connectivity index (χ3n) is 2.87. The van der Waals surface area contributed by atoms with E-state index in [1.165, 1.54) is 25.3 Å². The van der Waals surface area contributed by atoms with Gasteiger partial charge in [-0.15, -0.1) is 0 Å². The molecule has 0 aliphatic carbocycles. The lowest BCUT2D eigenvalue weighted by Crippen LogP contribution is -2.03. The largest absolute Gasteiger partial charge is 0.496 e. The van der Waals surface area contributed by atoms with Gasteiger partial charge in [0.1, 0.15) is 17.3 Å². The van der Waals surface area contributed by atoms with Crippen molar-refractivity contribution in [2.45, 2.75) is 6.54 Å². The van der Waals surface area contributed by atoms with Gasteiger partial charge in [-0.05, 0) is 29.8 Å². The molecule has 0 aliphatic rings. The van der Waals surface area contributed by atoms with Crippen LogP contribution in [0.3, 0.4) is 0 Å². The highest BCUT2D eigenvalue weighted by Gasteiger charge is 2.15. The standard InChI is InChI=1S/C14H12ClFN2O3/c1-21-10-3-5-13(14(7-10)18(19)20)17-8-9-2-4-12(16)11(15)6-9/h2-7,17H,8H2,1H3. The number of nitro benzene ring substituents is 1. The van der Waals surface area contributed by atoms with E-state index in [1.54, 1.807) is 18.2 Å². The molecule has 0 aromatic heterocycles. The van der Waals surface area contributed by atoms with Crippen LogP contribution in [0.4, 0.5) is 15.8 Å². The lowest BCUT2D eigenvalue weighted by molar-refractivity contribution is -0.384. The molecule has 0 bridgehead atoms. The van der Waals surface area contributed by atoms with Gasteiger partial charge in [0.05, 0.1) is 23.1 Å². The normalized spacial score (nSPS) is 10.2. The average Bonchev–Trinajstić information content (AvgIpc) is 2.48. The number of rotatable bonds is 5. The van der Waals surface area contributed by atoms with Crippen molar-refractivity contribution in [1.82, 2.24) is 0 Å². The fourth-order valence-electron chi connectivity index (χ4n) is 1.79. The maximum atomic E-state index is 13.1. The van der Waals surface area contributed by atoms with Crippen LogP contribution in [-0.2, 0) is 6.54 Å². The molecule has 0 spiro atoms. The first-order valence-electron chi connectivity index (χ1n) is 6.01. The van der Waals surface area contributed by atoms with E-state index in [0.29, 0.717) is 17.0 Å². The molecule has 2 aromatic carbocycles. The molecule has 0 fully saturated rings. The Morgan fingerprint density at radius 1 is 1.33 bits per heavy atom. The molecule has 21 heavy (non-hydrogen) atoms. The number of nitrogens with zero attached hydrogens (tertiary/aromatic N) is 1. The molecule has 0 saturated carbocycles. The predicted octanol–water partition coefficient (Wildman–Crippen LogP) is 4.01. The summed E-state index contributed by atoms with van der Waals surface area (Å²) in [4.78, 5) is 10.5. The third kappa shape index (κ3) is 3.61. The van der Waals surface area contributed by atoms with Gasteiger partial charge in [-0.1, -0.05) is 17.7 Å². The van der Waals surface area contributed by atoms with Crippen LogP contribution in [-0.4, -0.2) is 12.0 Å². The molecule has 0 radical (unpaired) electrons. The number of benzene rings is 2. The Bertz CT molecular complexity index is 679. The van der Waals surface area contributed by atoms with E-state index in [0.717, 1.165) is 0 Å². The zero-order valence-electron chi connectivity index (χ0n) is 11.1. The Balaban J connectivity index is 2.19. The van der Waals surface area contributed by atoms with Gasteiger partial charge in [0.15, 0.2) is 0 Å². The van der Waals surface area contributed by atoms with E-state index in [9.17, 15) is 14.5 Å². The zero-order chi connectivity index (χ0) is 15.4. The van der Waals surface area contributed by atoms with Crippen molar-refractivity contribution in [1.29, 1.82) is 0 Å². The van der Waals surface area contributed by atoms with E-state index in [-0.39, 0.29) is 17.3 Å². The van der Waals surface area contributed by atoms with Gasteiger partial charge in [0.2, 0.25) is 0 Å². The number of anilines is 1. The van der Waals surface area contributed by atoms with Crippen molar-refractivity contribution in [3.05, 3.63) is 62.9 Å². The van der Waals surface area contributed by atoms with Gasteiger partial charge in [-0.3, -0.25) is 10.1 Å². The van der Waals surface area contributed by atoms with Crippen LogP contribution in [0.25, 0.3) is 0 Å². The molecule has 2 aromatic rings. The smallest absolute Gasteiger partial charge is 0.296 e. The van der Waals surface area contributed by atoms with Crippen LogP contribution in [0.1, 0.15) is 5.56 Å². The first-order valence-corrected chi connectivity index (χ1v) is 6.39. The van der Waals surface area contributed by atoms with E-state index >= 15 is 0 Å². The molecule has 0 atom stereocenters. The van der Waals surface area contributed by atoms with E-state index < -0.39 is 10.7 Å². The second-order valence-corrected chi connectivity index (χ2v) is 4.65. The van der Waals surface area contributed by atoms with Crippen molar-refractivity contribution in [3.63, 3.8) is 0 Å². The zero-order valence-corrected chi connectivity index (χ0v) is 11.9. The Labute approximate surface area is 125 Å². The lowest BCUT2D eigenvalue weighted by atomic mass is 10.2. The van der Waals surface area contributed by atoms with E-state index in [1.807, 2.05) is 0 Å². The summed E-state index contributed by atoms with van der Waals surface area (Å²) in [6.45, 7) is 0.285. The summed E-state index contributed by atoms with van der Waals surface area (Å²) >= 11 is 5.69. The van der Waals surface area contributed by atoms with Crippen molar-refractivity contribution in [3.8, 4) is 5.75 Å².